The maximum atomic E-state index is 13.3. The summed E-state index contributed by atoms with van der Waals surface area (Å²) in [6, 6.07) is 12.6. The Labute approximate surface area is 186 Å². The van der Waals surface area contributed by atoms with Crippen molar-refractivity contribution in [3.63, 3.8) is 0 Å². The second kappa shape index (κ2) is 8.42. The molecule has 4 nitrogen and oxygen atoms in total. The van der Waals surface area contributed by atoms with Gasteiger partial charge in [0.1, 0.15) is 5.75 Å². The number of ether oxygens (including phenoxy) is 1. The van der Waals surface area contributed by atoms with Crippen molar-refractivity contribution in [3.05, 3.63) is 64.1 Å². The van der Waals surface area contributed by atoms with E-state index in [0.29, 0.717) is 15.9 Å². The van der Waals surface area contributed by atoms with Gasteiger partial charge in [0, 0.05) is 13.1 Å². The second-order valence-electron chi connectivity index (χ2n) is 7.37. The van der Waals surface area contributed by atoms with Crippen LogP contribution in [0.4, 0.5) is 24.5 Å². The van der Waals surface area contributed by atoms with Crippen molar-refractivity contribution in [2.75, 3.05) is 30.4 Å². The third-order valence-corrected chi connectivity index (χ3v) is 6.20. The Morgan fingerprint density at radius 3 is 2.48 bits per heavy atom. The first-order valence-corrected chi connectivity index (χ1v) is 10.6. The lowest BCUT2D eigenvalue weighted by Crippen LogP contribution is -2.22. The van der Waals surface area contributed by atoms with Crippen LogP contribution in [0.2, 0.25) is 0 Å². The zero-order valence-corrected chi connectivity index (χ0v) is 18.3. The van der Waals surface area contributed by atoms with Gasteiger partial charge in [0.25, 0.3) is 5.91 Å². The van der Waals surface area contributed by atoms with Gasteiger partial charge in [-0.2, -0.15) is 13.2 Å². The highest BCUT2D eigenvalue weighted by Gasteiger charge is 2.32. The maximum absolute atomic E-state index is 13.3. The summed E-state index contributed by atoms with van der Waals surface area (Å²) < 4.78 is 46.1. The second-order valence-corrected chi connectivity index (χ2v) is 8.16. The lowest BCUT2D eigenvalue weighted by Gasteiger charge is -2.23. The molecule has 3 aromatic carbocycles. The SMILES string of the molecule is COc1c(C(=O)Nc2cc(C(F)(F)F)ccc2N2CCCC2)cc2ccccc2c1Br. The number of nitrogens with zero attached hydrogens (tertiary/aromatic N) is 1. The van der Waals surface area contributed by atoms with Crippen molar-refractivity contribution in [3.8, 4) is 5.75 Å². The molecule has 162 valence electrons. The molecule has 1 aliphatic heterocycles. The van der Waals surface area contributed by atoms with Gasteiger partial charge in [-0.05, 0) is 63.8 Å². The molecule has 0 bridgehead atoms. The van der Waals surface area contributed by atoms with Gasteiger partial charge in [0.05, 0.1) is 34.1 Å². The predicted molar refractivity (Wildman–Crippen MR) is 119 cm³/mol. The summed E-state index contributed by atoms with van der Waals surface area (Å²) in [6.07, 6.45) is -2.59. The topological polar surface area (TPSA) is 41.6 Å². The number of hydrogen-bond donors (Lipinski definition) is 1. The first-order chi connectivity index (χ1) is 14.8. The van der Waals surface area contributed by atoms with Gasteiger partial charge < -0.3 is 15.0 Å². The molecule has 0 atom stereocenters. The van der Waals surface area contributed by atoms with E-state index in [4.69, 9.17) is 4.74 Å². The minimum absolute atomic E-state index is 0.132. The normalized spacial score (nSPS) is 14.2. The van der Waals surface area contributed by atoms with E-state index in [1.54, 1.807) is 6.07 Å². The molecule has 1 fully saturated rings. The minimum atomic E-state index is -4.51. The number of benzene rings is 3. The number of rotatable bonds is 4. The van der Waals surface area contributed by atoms with Crippen LogP contribution >= 0.6 is 15.9 Å². The molecule has 4 rings (SSSR count). The van der Waals surface area contributed by atoms with E-state index < -0.39 is 17.6 Å². The average Bonchev–Trinajstić information content (AvgIpc) is 3.27. The van der Waals surface area contributed by atoms with Crippen LogP contribution in [-0.2, 0) is 6.18 Å². The molecule has 1 N–H and O–H groups in total. The van der Waals surface area contributed by atoms with E-state index in [-0.39, 0.29) is 11.3 Å². The largest absolute Gasteiger partial charge is 0.495 e. The van der Waals surface area contributed by atoms with E-state index in [1.807, 2.05) is 29.2 Å². The maximum Gasteiger partial charge on any atom is 0.416 e. The smallest absolute Gasteiger partial charge is 0.416 e. The Bertz CT molecular complexity index is 1140. The quantitative estimate of drug-likeness (QED) is 0.452. The van der Waals surface area contributed by atoms with Crippen molar-refractivity contribution in [2.45, 2.75) is 19.0 Å². The van der Waals surface area contributed by atoms with E-state index >= 15 is 0 Å². The van der Waals surface area contributed by atoms with E-state index in [9.17, 15) is 18.0 Å². The minimum Gasteiger partial charge on any atom is -0.495 e. The van der Waals surface area contributed by atoms with E-state index in [1.165, 1.54) is 13.2 Å². The Morgan fingerprint density at radius 2 is 1.81 bits per heavy atom. The Hall–Kier alpha value is -2.74. The van der Waals surface area contributed by atoms with Crippen LogP contribution in [-0.4, -0.2) is 26.1 Å². The molecule has 0 radical (unpaired) electrons. The van der Waals surface area contributed by atoms with Crippen LogP contribution < -0.4 is 15.0 Å². The molecule has 1 heterocycles. The number of anilines is 2. The van der Waals surface area contributed by atoms with Crippen molar-refractivity contribution >= 4 is 44.0 Å². The highest BCUT2D eigenvalue weighted by Crippen LogP contribution is 2.39. The molecular weight excluding hydrogens is 473 g/mol. The lowest BCUT2D eigenvalue weighted by molar-refractivity contribution is -0.137. The molecule has 3 aromatic rings. The van der Waals surface area contributed by atoms with Crippen LogP contribution in [0.3, 0.4) is 0 Å². The number of nitrogens with one attached hydrogen (secondary N) is 1. The molecule has 31 heavy (non-hydrogen) atoms. The summed E-state index contributed by atoms with van der Waals surface area (Å²) in [5.74, 6) is -0.214. The summed E-state index contributed by atoms with van der Waals surface area (Å²) in [6.45, 7) is 1.47. The van der Waals surface area contributed by atoms with Gasteiger partial charge in [-0.3, -0.25) is 4.79 Å². The first-order valence-electron chi connectivity index (χ1n) is 9.82. The Balaban J connectivity index is 1.77. The van der Waals surface area contributed by atoms with E-state index in [2.05, 4.69) is 21.2 Å². The predicted octanol–water partition coefficient (Wildman–Crippen LogP) is 6.48. The third kappa shape index (κ3) is 4.21. The molecule has 0 spiro atoms. The van der Waals surface area contributed by atoms with Crippen molar-refractivity contribution in [1.29, 1.82) is 0 Å². The molecule has 1 saturated heterocycles. The lowest BCUT2D eigenvalue weighted by atomic mass is 10.0. The molecule has 8 heteroatoms. The zero-order valence-electron chi connectivity index (χ0n) is 16.7. The van der Waals surface area contributed by atoms with Gasteiger partial charge in [-0.15, -0.1) is 0 Å². The van der Waals surface area contributed by atoms with Crippen LogP contribution in [0.1, 0.15) is 28.8 Å². The number of alkyl halides is 3. The number of halogens is 4. The van der Waals surface area contributed by atoms with Crippen molar-refractivity contribution in [1.82, 2.24) is 0 Å². The molecule has 0 unspecified atom stereocenters. The first kappa shape index (κ1) is 21.5. The molecule has 1 amide bonds. The number of carbonyl (C=O) groups is 1. The Morgan fingerprint density at radius 1 is 1.10 bits per heavy atom. The summed E-state index contributed by atoms with van der Waals surface area (Å²) in [5, 5.41) is 4.38. The number of fused-ring (bicyclic) bond motifs is 1. The van der Waals surface area contributed by atoms with Crippen molar-refractivity contribution in [2.24, 2.45) is 0 Å². The molecule has 1 aliphatic rings. The van der Waals surface area contributed by atoms with Gasteiger partial charge in [0.15, 0.2) is 0 Å². The zero-order chi connectivity index (χ0) is 22.2. The molecule has 0 aliphatic carbocycles. The fourth-order valence-electron chi connectivity index (χ4n) is 3.89. The van der Waals surface area contributed by atoms with Gasteiger partial charge in [0.2, 0.25) is 0 Å². The van der Waals surface area contributed by atoms with Gasteiger partial charge in [-0.1, -0.05) is 24.3 Å². The summed E-state index contributed by atoms with van der Waals surface area (Å²) in [7, 11) is 1.45. The third-order valence-electron chi connectivity index (χ3n) is 5.41. The number of carbonyl (C=O) groups excluding carboxylic acids is 1. The fraction of sp³-hybridized carbons (Fsp3) is 0.261. The number of amides is 1. The summed E-state index contributed by atoms with van der Waals surface area (Å²) in [4.78, 5) is 15.2. The molecule has 0 saturated carbocycles. The highest BCUT2D eigenvalue weighted by molar-refractivity contribution is 9.10. The number of hydrogen-bond acceptors (Lipinski definition) is 3. The molecule has 0 aromatic heterocycles. The Kier molecular flexibility index (Phi) is 5.83. The number of methoxy groups -OCH3 is 1. The molecular formula is C23H20BrF3N2O2. The summed E-state index contributed by atoms with van der Waals surface area (Å²) in [5.41, 5.74) is 0.140. The van der Waals surface area contributed by atoms with Gasteiger partial charge in [-0.25, -0.2) is 0 Å². The van der Waals surface area contributed by atoms with Crippen LogP contribution in [0, 0.1) is 0 Å². The fourth-order valence-corrected chi connectivity index (χ4v) is 4.63. The average molecular weight is 493 g/mol. The van der Waals surface area contributed by atoms with Crippen LogP contribution in [0.5, 0.6) is 5.75 Å². The van der Waals surface area contributed by atoms with Crippen molar-refractivity contribution < 1.29 is 22.7 Å². The van der Waals surface area contributed by atoms with Crippen LogP contribution in [0.25, 0.3) is 10.8 Å². The summed E-state index contributed by atoms with van der Waals surface area (Å²) >= 11 is 3.49. The van der Waals surface area contributed by atoms with Crippen LogP contribution in [0.15, 0.2) is 53.0 Å². The van der Waals surface area contributed by atoms with Gasteiger partial charge >= 0.3 is 6.18 Å². The monoisotopic (exact) mass is 492 g/mol. The standard InChI is InChI=1S/C23H20BrF3N2O2/c1-31-21-17(12-14-6-2-3-7-16(14)20(21)24)22(30)28-18-13-15(23(25,26)27)8-9-19(18)29-10-4-5-11-29/h2-3,6-9,12-13H,4-5,10-11H2,1H3,(H,28,30). The van der Waals surface area contributed by atoms with E-state index in [0.717, 1.165) is 48.8 Å². The highest BCUT2D eigenvalue weighted by atomic mass is 79.9.